The second-order valence-corrected chi connectivity index (χ2v) is 6.66. The highest BCUT2D eigenvalue weighted by molar-refractivity contribution is 6.04. The minimum atomic E-state index is -0.601. The van der Waals surface area contributed by atoms with Gasteiger partial charge < -0.3 is 19.4 Å². The van der Waals surface area contributed by atoms with E-state index in [9.17, 15) is 14.9 Å². The van der Waals surface area contributed by atoms with Crippen molar-refractivity contribution in [2.24, 2.45) is 0 Å². The molecular weight excluding hydrogens is 374 g/mol. The van der Waals surface area contributed by atoms with E-state index in [1.54, 1.807) is 0 Å². The molecule has 0 saturated carbocycles. The number of nitrogens with zero attached hydrogens (tertiary/aromatic N) is 2. The Morgan fingerprint density at radius 3 is 2.59 bits per heavy atom. The lowest BCUT2D eigenvalue weighted by Gasteiger charge is -2.29. The summed E-state index contributed by atoms with van der Waals surface area (Å²) in [4.78, 5) is 29.0. The summed E-state index contributed by atoms with van der Waals surface area (Å²) in [6, 6.07) is 10.4. The summed E-state index contributed by atoms with van der Waals surface area (Å²) in [5, 5.41) is 12.7. The van der Waals surface area contributed by atoms with Crippen molar-refractivity contribution in [3.05, 3.63) is 69.9 Å². The first-order chi connectivity index (χ1) is 14.0. The lowest BCUT2D eigenvalue weighted by Crippen LogP contribution is -2.35. The van der Waals surface area contributed by atoms with E-state index in [0.717, 1.165) is 22.2 Å². The van der Waals surface area contributed by atoms with Gasteiger partial charge in [-0.3, -0.25) is 14.9 Å². The number of aromatic amines is 1. The molecular formula is C21H19N3O5. The molecule has 1 N–H and O–H groups in total. The molecule has 0 atom stereocenters. The summed E-state index contributed by atoms with van der Waals surface area (Å²) < 4.78 is 10.4. The van der Waals surface area contributed by atoms with Crippen molar-refractivity contribution < 1.29 is 19.2 Å². The number of nitrogens with one attached hydrogen (secondary N) is 1. The zero-order valence-electron chi connectivity index (χ0n) is 16.0. The normalized spacial score (nSPS) is 13.3. The van der Waals surface area contributed by atoms with Gasteiger partial charge in [0.1, 0.15) is 5.56 Å². The van der Waals surface area contributed by atoms with E-state index >= 15 is 0 Å². The standard InChI is InChI=1S/C21H19N3O5/c1-12-20-14(13-6-4-5-7-16(13)22-20)8-9-23(12)21(25)15-10-18(28-2)19(29-3)11-17(15)24(26)27/h4-7,10-11,22H,1,8-9H2,2-3H3. The molecule has 1 aliphatic heterocycles. The van der Waals surface area contributed by atoms with Gasteiger partial charge in [-0.2, -0.15) is 0 Å². The number of nitro groups is 1. The predicted molar refractivity (Wildman–Crippen MR) is 108 cm³/mol. The summed E-state index contributed by atoms with van der Waals surface area (Å²) >= 11 is 0. The van der Waals surface area contributed by atoms with Crippen LogP contribution in [0.2, 0.25) is 0 Å². The van der Waals surface area contributed by atoms with E-state index in [-0.39, 0.29) is 22.7 Å². The quantitative estimate of drug-likeness (QED) is 0.538. The molecule has 0 saturated heterocycles. The molecule has 1 amide bonds. The van der Waals surface area contributed by atoms with Crippen LogP contribution in [0.3, 0.4) is 0 Å². The van der Waals surface area contributed by atoms with Gasteiger partial charge in [0.2, 0.25) is 0 Å². The number of fused-ring (bicyclic) bond motifs is 3. The lowest BCUT2D eigenvalue weighted by atomic mass is 10.00. The fourth-order valence-corrected chi connectivity index (χ4v) is 3.76. The predicted octanol–water partition coefficient (Wildman–Crippen LogP) is 3.76. The Morgan fingerprint density at radius 1 is 1.21 bits per heavy atom. The Kier molecular flexibility index (Phi) is 4.46. The van der Waals surface area contributed by atoms with E-state index in [2.05, 4.69) is 11.6 Å². The fraction of sp³-hybridized carbons (Fsp3) is 0.190. The Morgan fingerprint density at radius 2 is 1.90 bits per heavy atom. The maximum Gasteiger partial charge on any atom is 0.286 e. The Hall–Kier alpha value is -3.81. The maximum absolute atomic E-state index is 13.3. The number of H-pyrrole nitrogens is 1. The molecule has 0 bridgehead atoms. The van der Waals surface area contributed by atoms with Gasteiger partial charge in [0.15, 0.2) is 11.5 Å². The van der Waals surface area contributed by atoms with Gasteiger partial charge in [-0.25, -0.2) is 0 Å². The Balaban J connectivity index is 1.77. The Bertz CT molecular complexity index is 1160. The topological polar surface area (TPSA) is 97.7 Å². The van der Waals surface area contributed by atoms with Crippen LogP contribution in [0.5, 0.6) is 11.5 Å². The first-order valence-electron chi connectivity index (χ1n) is 8.97. The first-order valence-corrected chi connectivity index (χ1v) is 8.97. The molecule has 2 aromatic carbocycles. The number of carbonyl (C=O) groups is 1. The summed E-state index contributed by atoms with van der Waals surface area (Å²) in [5.74, 6) is -0.0755. The molecule has 2 heterocycles. The highest BCUT2D eigenvalue weighted by atomic mass is 16.6. The number of nitro benzene ring substituents is 1. The zero-order chi connectivity index (χ0) is 20.7. The van der Waals surface area contributed by atoms with Crippen molar-refractivity contribution in [3.63, 3.8) is 0 Å². The van der Waals surface area contributed by atoms with E-state index < -0.39 is 10.8 Å². The molecule has 3 aromatic rings. The van der Waals surface area contributed by atoms with Gasteiger partial charge in [-0.05, 0) is 18.1 Å². The van der Waals surface area contributed by atoms with Crippen LogP contribution in [0.4, 0.5) is 5.69 Å². The molecule has 8 nitrogen and oxygen atoms in total. The van der Waals surface area contributed by atoms with Crippen molar-refractivity contribution in [2.75, 3.05) is 20.8 Å². The number of benzene rings is 2. The van der Waals surface area contributed by atoms with Crippen molar-refractivity contribution in [2.45, 2.75) is 6.42 Å². The molecule has 0 spiro atoms. The summed E-state index contributed by atoms with van der Waals surface area (Å²) in [6.07, 6.45) is 0.616. The van der Waals surface area contributed by atoms with Crippen LogP contribution in [0.15, 0.2) is 43.0 Å². The largest absolute Gasteiger partial charge is 0.493 e. The molecule has 0 aliphatic carbocycles. The second-order valence-electron chi connectivity index (χ2n) is 6.66. The van der Waals surface area contributed by atoms with Gasteiger partial charge in [-0.1, -0.05) is 24.8 Å². The number of aromatic nitrogens is 1. The highest BCUT2D eigenvalue weighted by Gasteiger charge is 2.33. The van der Waals surface area contributed by atoms with Crippen molar-refractivity contribution >= 4 is 28.2 Å². The molecule has 1 aliphatic rings. The maximum atomic E-state index is 13.3. The number of methoxy groups -OCH3 is 2. The van der Waals surface area contributed by atoms with Crippen LogP contribution in [0, 0.1) is 10.1 Å². The van der Waals surface area contributed by atoms with Crippen LogP contribution < -0.4 is 9.47 Å². The van der Waals surface area contributed by atoms with Crippen LogP contribution in [0.1, 0.15) is 21.6 Å². The van der Waals surface area contributed by atoms with E-state index in [0.29, 0.717) is 18.7 Å². The third-order valence-corrected chi connectivity index (χ3v) is 5.19. The molecule has 8 heteroatoms. The molecule has 0 unspecified atom stereocenters. The SMILES string of the molecule is C=C1c2[nH]c3ccccc3c2CCN1C(=O)c1cc(OC)c(OC)cc1[N+](=O)[O-]. The average Bonchev–Trinajstić information content (AvgIpc) is 3.12. The first kappa shape index (κ1) is 18.5. The highest BCUT2D eigenvalue weighted by Crippen LogP contribution is 2.38. The number of rotatable bonds is 4. The van der Waals surface area contributed by atoms with Gasteiger partial charge >= 0.3 is 0 Å². The number of amides is 1. The third-order valence-electron chi connectivity index (χ3n) is 5.19. The molecule has 148 valence electrons. The fourth-order valence-electron chi connectivity index (χ4n) is 3.76. The number of hydrogen-bond donors (Lipinski definition) is 1. The van der Waals surface area contributed by atoms with E-state index in [1.165, 1.54) is 31.3 Å². The number of hydrogen-bond acceptors (Lipinski definition) is 5. The summed E-state index contributed by atoms with van der Waals surface area (Å²) in [5.41, 5.74) is 2.89. The minimum Gasteiger partial charge on any atom is -0.493 e. The number of para-hydroxylation sites is 1. The van der Waals surface area contributed by atoms with Crippen molar-refractivity contribution in [1.29, 1.82) is 0 Å². The summed E-state index contributed by atoms with van der Waals surface area (Å²) in [7, 11) is 2.79. The van der Waals surface area contributed by atoms with Crippen LogP contribution in [-0.4, -0.2) is 41.5 Å². The van der Waals surface area contributed by atoms with Gasteiger partial charge in [0, 0.05) is 23.5 Å². The average molecular weight is 393 g/mol. The Labute approximate surface area is 166 Å². The van der Waals surface area contributed by atoms with Crippen molar-refractivity contribution in [1.82, 2.24) is 9.88 Å². The van der Waals surface area contributed by atoms with Gasteiger partial charge in [0.25, 0.3) is 11.6 Å². The van der Waals surface area contributed by atoms with Crippen molar-refractivity contribution in [3.8, 4) is 11.5 Å². The smallest absolute Gasteiger partial charge is 0.286 e. The number of ether oxygens (including phenoxy) is 2. The second kappa shape index (κ2) is 6.97. The summed E-state index contributed by atoms with van der Waals surface area (Å²) in [6.45, 7) is 4.45. The van der Waals surface area contributed by atoms with Crippen LogP contribution in [-0.2, 0) is 6.42 Å². The molecule has 29 heavy (non-hydrogen) atoms. The monoisotopic (exact) mass is 393 g/mol. The molecule has 4 rings (SSSR count). The van der Waals surface area contributed by atoms with Gasteiger partial charge in [0.05, 0.1) is 36.6 Å². The van der Waals surface area contributed by atoms with E-state index in [4.69, 9.17) is 9.47 Å². The molecule has 0 fully saturated rings. The van der Waals surface area contributed by atoms with Crippen LogP contribution in [0.25, 0.3) is 16.6 Å². The molecule has 1 aromatic heterocycles. The van der Waals surface area contributed by atoms with Crippen LogP contribution >= 0.6 is 0 Å². The lowest BCUT2D eigenvalue weighted by molar-refractivity contribution is -0.385. The minimum absolute atomic E-state index is 0.0756. The third kappa shape index (κ3) is 2.89. The number of carbonyl (C=O) groups excluding carboxylic acids is 1. The molecule has 0 radical (unpaired) electrons. The van der Waals surface area contributed by atoms with E-state index in [1.807, 2.05) is 24.3 Å². The zero-order valence-corrected chi connectivity index (χ0v) is 16.0. The van der Waals surface area contributed by atoms with Gasteiger partial charge in [-0.15, -0.1) is 0 Å².